The summed E-state index contributed by atoms with van der Waals surface area (Å²) in [5.41, 5.74) is -0.493. The summed E-state index contributed by atoms with van der Waals surface area (Å²) in [6.07, 6.45) is 0.602. The average Bonchev–Trinajstić information content (AvgIpc) is 3.49. The van der Waals surface area contributed by atoms with Crippen LogP contribution in [0.1, 0.15) is 41.5 Å². The highest BCUT2D eigenvalue weighted by atomic mass is 19.4. The van der Waals surface area contributed by atoms with Crippen molar-refractivity contribution < 1.29 is 27.1 Å². The number of halogens is 4. The van der Waals surface area contributed by atoms with Crippen molar-refractivity contribution in [2.75, 3.05) is 23.3 Å². The Balaban J connectivity index is 1.44. The molecule has 2 aromatic heterocycles. The van der Waals surface area contributed by atoms with Crippen LogP contribution in [0.15, 0.2) is 61.1 Å². The first-order valence-corrected chi connectivity index (χ1v) is 12.6. The molecular weight excluding hydrogens is 528 g/mol. The third-order valence-corrected chi connectivity index (χ3v) is 6.37. The maximum Gasteiger partial charge on any atom is 0.416 e. The zero-order valence-electron chi connectivity index (χ0n) is 21.4. The maximum absolute atomic E-state index is 14.8. The van der Waals surface area contributed by atoms with Crippen molar-refractivity contribution in [3.05, 3.63) is 83.8 Å². The predicted octanol–water partition coefficient (Wildman–Crippen LogP) is 6.30. The number of rotatable bonds is 7. The normalized spacial score (nSPS) is 13.4. The van der Waals surface area contributed by atoms with Gasteiger partial charge in [-0.15, -0.1) is 0 Å². The number of alkyl halides is 3. The Hall–Kier alpha value is -4.61. The SMILES string of the molecule is CCc1ncnc(-c2cccnc2Oc2ccc(F)c(C(=O)Nc3cc(C(F)(F)F)ccc3N3CCCC3)c2)n1. The lowest BCUT2D eigenvalue weighted by Crippen LogP contribution is -2.22. The van der Waals surface area contributed by atoms with E-state index in [-0.39, 0.29) is 17.3 Å². The Kier molecular flexibility index (Phi) is 7.58. The molecule has 1 saturated heterocycles. The molecule has 1 aliphatic rings. The molecule has 0 saturated carbocycles. The van der Waals surface area contributed by atoms with Gasteiger partial charge in [-0.05, 0) is 61.4 Å². The molecule has 40 heavy (non-hydrogen) atoms. The van der Waals surface area contributed by atoms with Crippen LogP contribution in [0.2, 0.25) is 0 Å². The number of nitrogens with zero attached hydrogens (tertiary/aromatic N) is 5. The minimum Gasteiger partial charge on any atom is -0.438 e. The van der Waals surface area contributed by atoms with Crippen molar-refractivity contribution in [3.8, 4) is 23.0 Å². The molecule has 5 rings (SSSR count). The average molecular weight is 553 g/mol. The molecule has 1 N–H and O–H groups in total. The van der Waals surface area contributed by atoms with E-state index >= 15 is 0 Å². The topological polar surface area (TPSA) is 93.1 Å². The predicted molar refractivity (Wildman–Crippen MR) is 140 cm³/mol. The van der Waals surface area contributed by atoms with Gasteiger partial charge in [0.25, 0.3) is 5.91 Å². The van der Waals surface area contributed by atoms with Crippen LogP contribution >= 0.6 is 0 Å². The van der Waals surface area contributed by atoms with Gasteiger partial charge in [0.15, 0.2) is 5.82 Å². The highest BCUT2D eigenvalue weighted by molar-refractivity contribution is 6.06. The Bertz CT molecular complexity index is 1540. The molecule has 0 aliphatic carbocycles. The summed E-state index contributed by atoms with van der Waals surface area (Å²) in [5.74, 6) is -0.694. The summed E-state index contributed by atoms with van der Waals surface area (Å²) < 4.78 is 61.0. The van der Waals surface area contributed by atoms with Crippen molar-refractivity contribution in [2.24, 2.45) is 0 Å². The number of hydrogen-bond donors (Lipinski definition) is 1. The van der Waals surface area contributed by atoms with Crippen molar-refractivity contribution >= 4 is 17.3 Å². The maximum atomic E-state index is 14.8. The van der Waals surface area contributed by atoms with Crippen LogP contribution in [0.3, 0.4) is 0 Å². The molecule has 0 unspecified atom stereocenters. The number of carbonyl (C=O) groups is 1. The molecule has 0 atom stereocenters. The van der Waals surface area contributed by atoms with E-state index in [1.165, 1.54) is 24.7 Å². The third kappa shape index (κ3) is 5.85. The van der Waals surface area contributed by atoms with E-state index in [0.29, 0.717) is 42.4 Å². The Morgan fingerprint density at radius 2 is 1.85 bits per heavy atom. The zero-order chi connectivity index (χ0) is 28.3. The number of carbonyl (C=O) groups excluding carboxylic acids is 1. The van der Waals surface area contributed by atoms with Crippen LogP contribution in [0.4, 0.5) is 28.9 Å². The molecule has 0 bridgehead atoms. The molecule has 206 valence electrons. The van der Waals surface area contributed by atoms with Gasteiger partial charge in [0.2, 0.25) is 5.88 Å². The third-order valence-electron chi connectivity index (χ3n) is 6.37. The van der Waals surface area contributed by atoms with Gasteiger partial charge in [-0.25, -0.2) is 24.3 Å². The summed E-state index contributed by atoms with van der Waals surface area (Å²) >= 11 is 0. The van der Waals surface area contributed by atoms with Crippen LogP contribution in [0, 0.1) is 5.82 Å². The summed E-state index contributed by atoms with van der Waals surface area (Å²) in [6.45, 7) is 3.18. The molecule has 0 spiro atoms. The first-order valence-electron chi connectivity index (χ1n) is 12.6. The molecule has 1 amide bonds. The number of amides is 1. The quantitative estimate of drug-likeness (QED) is 0.269. The van der Waals surface area contributed by atoms with E-state index < -0.39 is 29.0 Å². The fourth-order valence-corrected chi connectivity index (χ4v) is 4.36. The van der Waals surface area contributed by atoms with E-state index in [0.717, 1.165) is 37.1 Å². The van der Waals surface area contributed by atoms with Crippen molar-refractivity contribution in [2.45, 2.75) is 32.4 Å². The number of aryl methyl sites for hydroxylation is 1. The van der Waals surface area contributed by atoms with Gasteiger partial charge < -0.3 is 15.0 Å². The fourth-order valence-electron chi connectivity index (χ4n) is 4.36. The number of anilines is 2. The second-order valence-corrected chi connectivity index (χ2v) is 9.06. The molecule has 2 aromatic carbocycles. The van der Waals surface area contributed by atoms with Crippen LogP contribution in [-0.4, -0.2) is 38.9 Å². The number of aromatic nitrogens is 4. The lowest BCUT2D eigenvalue weighted by molar-refractivity contribution is -0.137. The zero-order valence-corrected chi connectivity index (χ0v) is 21.4. The molecule has 3 heterocycles. The van der Waals surface area contributed by atoms with Gasteiger partial charge in [-0.2, -0.15) is 13.2 Å². The molecule has 4 aromatic rings. The van der Waals surface area contributed by atoms with Crippen LogP contribution in [0.5, 0.6) is 11.6 Å². The first-order chi connectivity index (χ1) is 19.2. The minimum absolute atomic E-state index is 0.0546. The smallest absolute Gasteiger partial charge is 0.416 e. The molecule has 0 radical (unpaired) electrons. The van der Waals surface area contributed by atoms with Crippen molar-refractivity contribution in [1.82, 2.24) is 19.9 Å². The number of hydrogen-bond acceptors (Lipinski definition) is 7. The van der Waals surface area contributed by atoms with Crippen LogP contribution in [-0.2, 0) is 12.6 Å². The Morgan fingerprint density at radius 3 is 2.60 bits per heavy atom. The highest BCUT2D eigenvalue weighted by Gasteiger charge is 2.32. The largest absolute Gasteiger partial charge is 0.438 e. The van der Waals surface area contributed by atoms with Crippen molar-refractivity contribution in [3.63, 3.8) is 0 Å². The van der Waals surface area contributed by atoms with E-state index in [4.69, 9.17) is 4.74 Å². The molecule has 1 fully saturated rings. The number of benzene rings is 2. The van der Waals surface area contributed by atoms with E-state index in [9.17, 15) is 22.4 Å². The number of ether oxygens (including phenoxy) is 1. The second-order valence-electron chi connectivity index (χ2n) is 9.06. The Morgan fingerprint density at radius 1 is 1.05 bits per heavy atom. The summed E-state index contributed by atoms with van der Waals surface area (Å²) in [4.78, 5) is 31.9. The number of pyridine rings is 1. The first kappa shape index (κ1) is 27.0. The Labute approximate surface area is 227 Å². The lowest BCUT2D eigenvalue weighted by Gasteiger charge is -2.23. The lowest BCUT2D eigenvalue weighted by atomic mass is 10.1. The van der Waals surface area contributed by atoms with Gasteiger partial charge >= 0.3 is 6.18 Å². The van der Waals surface area contributed by atoms with Crippen molar-refractivity contribution in [1.29, 1.82) is 0 Å². The van der Waals surface area contributed by atoms with Gasteiger partial charge in [-0.1, -0.05) is 6.92 Å². The van der Waals surface area contributed by atoms with Gasteiger partial charge in [0.1, 0.15) is 23.7 Å². The molecular formula is C28H24F4N6O2. The van der Waals surface area contributed by atoms with Crippen LogP contribution in [0.25, 0.3) is 11.4 Å². The van der Waals surface area contributed by atoms with E-state index in [2.05, 4.69) is 25.3 Å². The molecule has 12 heteroatoms. The summed E-state index contributed by atoms with van der Waals surface area (Å²) in [6, 6.07) is 10.1. The monoisotopic (exact) mass is 552 g/mol. The standard InChI is InChI=1S/C28H24F4N6O2/c1-2-24-34-16-35-25(37-24)19-6-5-11-33-27(19)40-18-8-9-21(29)20(15-18)26(39)36-22-14-17(28(30,31)32)7-10-23(22)38-12-3-4-13-38/h5-11,14-16H,2-4,12-13H2,1H3,(H,36,39). The summed E-state index contributed by atoms with van der Waals surface area (Å²) in [7, 11) is 0. The number of nitrogens with one attached hydrogen (secondary N) is 1. The molecule has 1 aliphatic heterocycles. The van der Waals surface area contributed by atoms with Gasteiger partial charge in [0.05, 0.1) is 28.1 Å². The van der Waals surface area contributed by atoms with E-state index in [1.807, 2.05) is 11.8 Å². The van der Waals surface area contributed by atoms with Gasteiger partial charge in [0, 0.05) is 25.7 Å². The second kappa shape index (κ2) is 11.2. The van der Waals surface area contributed by atoms with Gasteiger partial charge in [-0.3, -0.25) is 4.79 Å². The van der Waals surface area contributed by atoms with E-state index in [1.54, 1.807) is 12.1 Å². The highest BCUT2D eigenvalue weighted by Crippen LogP contribution is 2.37. The fraction of sp³-hybridized carbons (Fsp3) is 0.250. The minimum atomic E-state index is -4.61. The molecule has 8 nitrogen and oxygen atoms in total. The summed E-state index contributed by atoms with van der Waals surface area (Å²) in [5, 5.41) is 2.48. The van der Waals surface area contributed by atoms with Crippen LogP contribution < -0.4 is 15.0 Å².